The van der Waals surface area contributed by atoms with E-state index in [1.807, 2.05) is 64.1 Å². The molecule has 2 aromatic carbocycles. The third-order valence-electron chi connectivity index (χ3n) is 5.25. The maximum absolute atomic E-state index is 13.3. The molecule has 3 aromatic rings. The molecule has 8 nitrogen and oxygen atoms in total. The number of ether oxygens (including phenoxy) is 1. The fourth-order valence-corrected chi connectivity index (χ4v) is 3.63. The molecule has 1 aliphatic rings. The first-order valence-electron chi connectivity index (χ1n) is 10.2. The monoisotopic (exact) mass is 419 g/mol. The Bertz CT molecular complexity index is 1110. The van der Waals surface area contributed by atoms with Crippen LogP contribution in [0.4, 0.5) is 5.69 Å². The number of aromatic amines is 1. The number of phenols is 1. The number of hydrogen-bond acceptors (Lipinski definition) is 6. The average Bonchev–Trinajstić information content (AvgIpc) is 3.25. The summed E-state index contributed by atoms with van der Waals surface area (Å²) in [5.41, 5.74) is 3.12. The van der Waals surface area contributed by atoms with Crippen molar-refractivity contribution >= 4 is 17.7 Å². The molecule has 160 valence electrons. The number of amides is 1. The topological polar surface area (TPSA) is 104 Å². The Morgan fingerprint density at radius 1 is 1.13 bits per heavy atom. The number of carbonyl (C=O) groups excluding carboxylic acids is 1. The van der Waals surface area contributed by atoms with Crippen LogP contribution in [0.5, 0.6) is 11.5 Å². The van der Waals surface area contributed by atoms with Crippen molar-refractivity contribution in [2.45, 2.75) is 46.1 Å². The van der Waals surface area contributed by atoms with Gasteiger partial charge in [0.25, 0.3) is 5.91 Å². The highest BCUT2D eigenvalue weighted by Gasteiger charge is 2.31. The minimum absolute atomic E-state index is 0.134. The van der Waals surface area contributed by atoms with Crippen LogP contribution >= 0.6 is 0 Å². The van der Waals surface area contributed by atoms with Gasteiger partial charge in [0.1, 0.15) is 5.75 Å². The summed E-state index contributed by atoms with van der Waals surface area (Å²) in [6.07, 6.45) is 1.72. The highest BCUT2D eigenvalue weighted by molar-refractivity contribution is 6.09. The fraction of sp³-hybridized carbons (Fsp3) is 0.304. The molecule has 0 bridgehead atoms. The van der Waals surface area contributed by atoms with E-state index in [1.54, 1.807) is 11.0 Å². The molecule has 31 heavy (non-hydrogen) atoms. The van der Waals surface area contributed by atoms with Gasteiger partial charge in [0.15, 0.2) is 17.3 Å². The average molecular weight is 419 g/mol. The number of carbonyl (C=O) groups is 1. The van der Waals surface area contributed by atoms with E-state index < -0.39 is 0 Å². The van der Waals surface area contributed by atoms with Gasteiger partial charge in [-0.1, -0.05) is 45.0 Å². The lowest BCUT2D eigenvalue weighted by Crippen LogP contribution is -2.37. The summed E-state index contributed by atoms with van der Waals surface area (Å²) >= 11 is 0. The number of H-pyrrole nitrogens is 1. The standard InChI is InChI=1S/C23H25N5O3/c1-13(2)16-9-15(10-17(14(3)4)22(16)29)11-20-23(30)28(12-21-24-26-27-25-21)18-7-5-6-8-19(18)31-20/h5-11,13-14,29H,12H2,1-4H3,(H,24,25,26,27). The number of aromatic hydroxyl groups is 1. The molecule has 1 amide bonds. The summed E-state index contributed by atoms with van der Waals surface area (Å²) in [6.45, 7) is 8.28. The van der Waals surface area contributed by atoms with Crippen LogP contribution in [-0.4, -0.2) is 31.6 Å². The van der Waals surface area contributed by atoms with Crippen molar-refractivity contribution in [2.24, 2.45) is 0 Å². The Balaban J connectivity index is 1.78. The summed E-state index contributed by atoms with van der Waals surface area (Å²) in [5, 5.41) is 24.6. The lowest BCUT2D eigenvalue weighted by Gasteiger charge is -2.29. The molecule has 0 saturated heterocycles. The molecule has 0 saturated carbocycles. The Morgan fingerprint density at radius 2 is 1.81 bits per heavy atom. The van der Waals surface area contributed by atoms with E-state index in [9.17, 15) is 9.90 Å². The molecule has 1 aromatic heterocycles. The van der Waals surface area contributed by atoms with Crippen LogP contribution in [0, 0.1) is 0 Å². The molecule has 2 N–H and O–H groups in total. The SMILES string of the molecule is CC(C)c1cc(C=C2Oc3ccccc3N(Cc3nn[nH]n3)C2=O)cc(C(C)C)c1O. The predicted molar refractivity (Wildman–Crippen MR) is 117 cm³/mol. The maximum Gasteiger partial charge on any atom is 0.294 e. The molecule has 0 aliphatic carbocycles. The number of nitrogens with zero attached hydrogens (tertiary/aromatic N) is 4. The number of rotatable bonds is 5. The zero-order valence-corrected chi connectivity index (χ0v) is 18.0. The third kappa shape index (κ3) is 4.01. The highest BCUT2D eigenvalue weighted by atomic mass is 16.5. The van der Waals surface area contributed by atoms with E-state index in [-0.39, 0.29) is 30.0 Å². The molecule has 0 spiro atoms. The second-order valence-corrected chi connectivity index (χ2v) is 8.16. The number of nitrogens with one attached hydrogen (secondary N) is 1. The van der Waals surface area contributed by atoms with Crippen molar-refractivity contribution < 1.29 is 14.6 Å². The van der Waals surface area contributed by atoms with Crippen LogP contribution in [0.25, 0.3) is 6.08 Å². The first-order valence-corrected chi connectivity index (χ1v) is 10.2. The van der Waals surface area contributed by atoms with Gasteiger partial charge < -0.3 is 9.84 Å². The first kappa shape index (κ1) is 20.6. The van der Waals surface area contributed by atoms with Gasteiger partial charge >= 0.3 is 0 Å². The predicted octanol–water partition coefficient (Wildman–Crippen LogP) is 4.12. The van der Waals surface area contributed by atoms with Gasteiger partial charge in [-0.15, -0.1) is 10.2 Å². The Morgan fingerprint density at radius 3 is 2.42 bits per heavy atom. The molecule has 1 aliphatic heterocycles. The van der Waals surface area contributed by atoms with Crippen molar-refractivity contribution in [3.8, 4) is 11.5 Å². The second-order valence-electron chi connectivity index (χ2n) is 8.16. The molecular weight excluding hydrogens is 394 g/mol. The van der Waals surface area contributed by atoms with E-state index in [2.05, 4.69) is 20.6 Å². The van der Waals surface area contributed by atoms with E-state index >= 15 is 0 Å². The van der Waals surface area contributed by atoms with E-state index in [4.69, 9.17) is 4.74 Å². The Hall–Kier alpha value is -3.68. The van der Waals surface area contributed by atoms with Gasteiger partial charge in [0, 0.05) is 0 Å². The van der Waals surface area contributed by atoms with Crippen molar-refractivity contribution in [1.82, 2.24) is 20.6 Å². The number of anilines is 1. The van der Waals surface area contributed by atoms with Crippen molar-refractivity contribution in [3.05, 3.63) is 64.7 Å². The van der Waals surface area contributed by atoms with E-state index in [0.29, 0.717) is 23.0 Å². The minimum Gasteiger partial charge on any atom is -0.507 e. The fourth-order valence-electron chi connectivity index (χ4n) is 3.63. The number of fused-ring (bicyclic) bond motifs is 1. The summed E-state index contributed by atoms with van der Waals surface area (Å²) in [5.74, 6) is 1.45. The number of benzene rings is 2. The third-order valence-corrected chi connectivity index (χ3v) is 5.25. The van der Waals surface area contributed by atoms with Gasteiger partial charge in [-0.2, -0.15) is 5.21 Å². The van der Waals surface area contributed by atoms with E-state index in [0.717, 1.165) is 16.7 Å². The van der Waals surface area contributed by atoms with Crippen LogP contribution in [0.15, 0.2) is 42.2 Å². The molecule has 4 rings (SSSR count). The van der Waals surface area contributed by atoms with E-state index in [1.165, 1.54) is 0 Å². The first-order chi connectivity index (χ1) is 14.8. The van der Waals surface area contributed by atoms with Crippen LogP contribution < -0.4 is 9.64 Å². The smallest absolute Gasteiger partial charge is 0.294 e. The number of para-hydroxylation sites is 2. The molecule has 0 unspecified atom stereocenters. The van der Waals surface area contributed by atoms with Crippen LogP contribution in [0.2, 0.25) is 0 Å². The maximum atomic E-state index is 13.3. The summed E-state index contributed by atoms with van der Waals surface area (Å²) in [6, 6.07) is 11.1. The molecule has 8 heteroatoms. The lowest BCUT2D eigenvalue weighted by atomic mass is 9.91. The number of aromatic nitrogens is 4. The van der Waals surface area contributed by atoms with Crippen molar-refractivity contribution in [1.29, 1.82) is 0 Å². The van der Waals surface area contributed by atoms with Crippen LogP contribution in [-0.2, 0) is 11.3 Å². The van der Waals surface area contributed by atoms with Gasteiger partial charge in [0.2, 0.25) is 0 Å². The molecule has 0 fully saturated rings. The molecular formula is C23H25N5O3. The zero-order chi connectivity index (χ0) is 22.1. The summed E-state index contributed by atoms with van der Waals surface area (Å²) in [4.78, 5) is 14.9. The number of hydrogen-bond donors (Lipinski definition) is 2. The number of phenolic OH excluding ortho intramolecular Hbond substituents is 1. The van der Waals surface area contributed by atoms with Gasteiger partial charge in [-0.05, 0) is 58.9 Å². The summed E-state index contributed by atoms with van der Waals surface area (Å²) < 4.78 is 5.97. The zero-order valence-electron chi connectivity index (χ0n) is 18.0. The Labute approximate surface area is 180 Å². The molecule has 0 atom stereocenters. The highest BCUT2D eigenvalue weighted by Crippen LogP contribution is 2.38. The van der Waals surface area contributed by atoms with Crippen LogP contribution in [0.1, 0.15) is 62.0 Å². The number of tetrazole rings is 1. The normalized spacial score (nSPS) is 15.0. The second kappa shape index (κ2) is 8.22. The van der Waals surface area contributed by atoms with Crippen molar-refractivity contribution in [3.63, 3.8) is 0 Å². The quantitative estimate of drug-likeness (QED) is 0.603. The van der Waals surface area contributed by atoms with Crippen molar-refractivity contribution in [2.75, 3.05) is 4.90 Å². The lowest BCUT2D eigenvalue weighted by molar-refractivity contribution is -0.117. The minimum atomic E-state index is -0.297. The largest absolute Gasteiger partial charge is 0.507 e. The van der Waals surface area contributed by atoms with Gasteiger partial charge in [0.05, 0.1) is 12.2 Å². The van der Waals surface area contributed by atoms with Crippen LogP contribution in [0.3, 0.4) is 0 Å². The van der Waals surface area contributed by atoms with Gasteiger partial charge in [-0.25, -0.2) is 0 Å². The van der Waals surface area contributed by atoms with Gasteiger partial charge in [-0.3, -0.25) is 9.69 Å². The molecule has 2 heterocycles. The Kier molecular flexibility index (Phi) is 5.46. The molecule has 0 radical (unpaired) electrons. The summed E-state index contributed by atoms with van der Waals surface area (Å²) in [7, 11) is 0.